The van der Waals surface area contributed by atoms with Crippen LogP contribution in [0.25, 0.3) is 0 Å². The van der Waals surface area contributed by atoms with Gasteiger partial charge in [0.1, 0.15) is 5.75 Å². The number of carbonyl (C=O) groups excluding carboxylic acids is 1. The Labute approximate surface area is 148 Å². The lowest BCUT2D eigenvalue weighted by Gasteiger charge is -2.24. The summed E-state index contributed by atoms with van der Waals surface area (Å²) in [6.07, 6.45) is 6.70. The molecule has 23 heavy (non-hydrogen) atoms. The monoisotopic (exact) mass is 358 g/mol. The molecule has 6 heteroatoms. The largest absolute Gasteiger partial charge is 0.490 e. The molecule has 1 aliphatic carbocycles. The minimum atomic E-state index is -0.0811. The summed E-state index contributed by atoms with van der Waals surface area (Å²) in [5.74, 6) is 0.574. The van der Waals surface area contributed by atoms with E-state index < -0.39 is 0 Å². The molecule has 0 aromatic heterocycles. The Hall–Kier alpha value is -0.970. The van der Waals surface area contributed by atoms with E-state index in [1.54, 1.807) is 12.1 Å². The van der Waals surface area contributed by atoms with E-state index in [-0.39, 0.29) is 30.5 Å². The number of ether oxygens (including phenoxy) is 1. The van der Waals surface area contributed by atoms with Gasteiger partial charge in [0.25, 0.3) is 5.91 Å². The lowest BCUT2D eigenvalue weighted by Crippen LogP contribution is -2.42. The van der Waals surface area contributed by atoms with Crippen LogP contribution in [0.15, 0.2) is 18.2 Å². The number of nitrogens with one attached hydrogen (secondary N) is 2. The maximum atomic E-state index is 12.6. The summed E-state index contributed by atoms with van der Waals surface area (Å²) in [6, 6.07) is 5.54. The van der Waals surface area contributed by atoms with E-state index >= 15 is 0 Å². The van der Waals surface area contributed by atoms with Crippen LogP contribution in [0.1, 0.15) is 48.9 Å². The minimum Gasteiger partial charge on any atom is -0.490 e. The predicted octanol–water partition coefficient (Wildman–Crippen LogP) is 3.57. The van der Waals surface area contributed by atoms with Gasteiger partial charge in [0.15, 0.2) is 0 Å². The van der Waals surface area contributed by atoms with Crippen LogP contribution in [-0.2, 0) is 0 Å². The van der Waals surface area contributed by atoms with Crippen LogP contribution in [0.2, 0.25) is 5.02 Å². The molecule has 1 saturated carbocycles. The molecule has 1 aliphatic heterocycles. The molecule has 0 atom stereocenters. The van der Waals surface area contributed by atoms with Crippen molar-refractivity contribution in [1.29, 1.82) is 0 Å². The molecule has 0 spiro atoms. The molecule has 3 rings (SSSR count). The summed E-state index contributed by atoms with van der Waals surface area (Å²) in [4.78, 5) is 12.6. The van der Waals surface area contributed by atoms with Gasteiger partial charge in [-0.15, -0.1) is 12.4 Å². The van der Waals surface area contributed by atoms with Crippen molar-refractivity contribution >= 4 is 29.9 Å². The number of amides is 1. The van der Waals surface area contributed by atoms with Crippen LogP contribution >= 0.6 is 24.0 Å². The summed E-state index contributed by atoms with van der Waals surface area (Å²) in [7, 11) is 0. The zero-order chi connectivity index (χ0) is 15.4. The lowest BCUT2D eigenvalue weighted by molar-refractivity contribution is 0.0922. The molecule has 128 valence electrons. The van der Waals surface area contributed by atoms with Gasteiger partial charge in [-0.25, -0.2) is 0 Å². The van der Waals surface area contributed by atoms with E-state index in [4.69, 9.17) is 16.3 Å². The smallest absolute Gasteiger partial charge is 0.255 e. The number of carbonyl (C=O) groups is 1. The van der Waals surface area contributed by atoms with Crippen LogP contribution in [0.4, 0.5) is 0 Å². The number of halogens is 2. The molecular formula is C17H24Cl2N2O2. The summed E-state index contributed by atoms with van der Waals surface area (Å²) in [5, 5.41) is 6.97. The first-order chi connectivity index (χ1) is 10.7. The van der Waals surface area contributed by atoms with E-state index in [0.29, 0.717) is 16.3 Å². The van der Waals surface area contributed by atoms with E-state index in [1.165, 1.54) is 12.8 Å². The van der Waals surface area contributed by atoms with Gasteiger partial charge in [-0.2, -0.15) is 0 Å². The Kier molecular flexibility index (Phi) is 7.00. The Morgan fingerprint density at radius 3 is 2.57 bits per heavy atom. The molecule has 2 N–H and O–H groups in total. The molecule has 4 nitrogen and oxygen atoms in total. The fraction of sp³-hybridized carbons (Fsp3) is 0.588. The second kappa shape index (κ2) is 8.76. The second-order valence-electron chi connectivity index (χ2n) is 6.16. The second-order valence-corrected chi connectivity index (χ2v) is 6.60. The number of piperidine rings is 1. The van der Waals surface area contributed by atoms with Crippen molar-refractivity contribution in [3.05, 3.63) is 28.8 Å². The van der Waals surface area contributed by atoms with Crippen LogP contribution in [0.5, 0.6) is 5.75 Å². The zero-order valence-electron chi connectivity index (χ0n) is 13.1. The molecule has 1 heterocycles. The molecule has 1 aromatic carbocycles. The number of benzene rings is 1. The van der Waals surface area contributed by atoms with Gasteiger partial charge < -0.3 is 15.4 Å². The standard InChI is InChI=1S/C17H23ClN2O2.ClH/c18-12-5-6-16(22-14-3-1-2-4-14)15(11-12)17(21)20-13-7-9-19-10-8-13;/h5-6,11,13-14,19H,1-4,7-10H2,(H,20,21);1H. The first-order valence-corrected chi connectivity index (χ1v) is 8.58. The normalized spacial score (nSPS) is 19.2. The van der Waals surface area contributed by atoms with Crippen molar-refractivity contribution in [1.82, 2.24) is 10.6 Å². The van der Waals surface area contributed by atoms with Gasteiger partial charge in [-0.05, 0) is 69.8 Å². The highest BCUT2D eigenvalue weighted by molar-refractivity contribution is 6.31. The highest BCUT2D eigenvalue weighted by Crippen LogP contribution is 2.28. The van der Waals surface area contributed by atoms with E-state index in [1.807, 2.05) is 6.07 Å². The van der Waals surface area contributed by atoms with Crippen LogP contribution in [-0.4, -0.2) is 31.1 Å². The number of rotatable bonds is 4. The molecule has 0 bridgehead atoms. The fourth-order valence-corrected chi connectivity index (χ4v) is 3.37. The lowest BCUT2D eigenvalue weighted by atomic mass is 10.1. The maximum Gasteiger partial charge on any atom is 0.255 e. The molecule has 1 aromatic rings. The van der Waals surface area contributed by atoms with Crippen molar-refractivity contribution in [2.75, 3.05) is 13.1 Å². The van der Waals surface area contributed by atoms with Crippen molar-refractivity contribution in [3.63, 3.8) is 0 Å². The van der Waals surface area contributed by atoms with Gasteiger partial charge in [-0.1, -0.05) is 11.6 Å². The third kappa shape index (κ3) is 5.00. The van der Waals surface area contributed by atoms with E-state index in [9.17, 15) is 4.79 Å². The SMILES string of the molecule is Cl.O=C(NC1CCNCC1)c1cc(Cl)ccc1OC1CCCC1. The molecule has 0 radical (unpaired) electrons. The van der Waals surface area contributed by atoms with Crippen LogP contribution in [0.3, 0.4) is 0 Å². The Balaban J connectivity index is 0.00000192. The first-order valence-electron chi connectivity index (χ1n) is 8.20. The number of hydrogen-bond acceptors (Lipinski definition) is 3. The van der Waals surface area contributed by atoms with Crippen molar-refractivity contribution in [3.8, 4) is 5.75 Å². The topological polar surface area (TPSA) is 50.4 Å². The van der Waals surface area contributed by atoms with Gasteiger partial charge in [0.2, 0.25) is 0 Å². The molecule has 0 unspecified atom stereocenters. The predicted molar refractivity (Wildman–Crippen MR) is 94.9 cm³/mol. The zero-order valence-corrected chi connectivity index (χ0v) is 14.7. The number of hydrogen-bond donors (Lipinski definition) is 2. The molecule has 2 aliphatic rings. The Morgan fingerprint density at radius 2 is 1.87 bits per heavy atom. The van der Waals surface area contributed by atoms with Gasteiger partial charge in [0.05, 0.1) is 11.7 Å². The summed E-state index contributed by atoms with van der Waals surface area (Å²) in [5.41, 5.74) is 0.554. The first kappa shape index (κ1) is 18.4. The third-order valence-corrected chi connectivity index (χ3v) is 4.69. The maximum absolute atomic E-state index is 12.6. The Morgan fingerprint density at radius 1 is 1.17 bits per heavy atom. The third-order valence-electron chi connectivity index (χ3n) is 4.46. The average molecular weight is 359 g/mol. The quantitative estimate of drug-likeness (QED) is 0.864. The molecule has 1 amide bonds. The van der Waals surface area contributed by atoms with Crippen molar-refractivity contribution < 1.29 is 9.53 Å². The average Bonchev–Trinajstić information content (AvgIpc) is 3.03. The summed E-state index contributed by atoms with van der Waals surface area (Å²) < 4.78 is 6.04. The van der Waals surface area contributed by atoms with Crippen LogP contribution in [0, 0.1) is 0 Å². The van der Waals surface area contributed by atoms with Crippen molar-refractivity contribution in [2.45, 2.75) is 50.7 Å². The molecule has 1 saturated heterocycles. The molecule has 2 fully saturated rings. The Bertz CT molecular complexity index is 527. The van der Waals surface area contributed by atoms with Gasteiger partial charge in [0, 0.05) is 11.1 Å². The molecular weight excluding hydrogens is 335 g/mol. The fourth-order valence-electron chi connectivity index (χ4n) is 3.20. The van der Waals surface area contributed by atoms with Gasteiger partial charge >= 0.3 is 0 Å². The minimum absolute atomic E-state index is 0. The van der Waals surface area contributed by atoms with Crippen LogP contribution < -0.4 is 15.4 Å². The van der Waals surface area contributed by atoms with E-state index in [0.717, 1.165) is 38.8 Å². The highest BCUT2D eigenvalue weighted by Gasteiger charge is 2.22. The van der Waals surface area contributed by atoms with Crippen molar-refractivity contribution in [2.24, 2.45) is 0 Å². The summed E-state index contributed by atoms with van der Waals surface area (Å²) >= 11 is 6.07. The van der Waals surface area contributed by atoms with Gasteiger partial charge in [-0.3, -0.25) is 4.79 Å². The summed E-state index contributed by atoms with van der Waals surface area (Å²) in [6.45, 7) is 1.90. The highest BCUT2D eigenvalue weighted by atomic mass is 35.5. The van der Waals surface area contributed by atoms with E-state index in [2.05, 4.69) is 10.6 Å².